The Morgan fingerprint density at radius 2 is 1.25 bits per heavy atom. The zero-order chi connectivity index (χ0) is 14.5. The summed E-state index contributed by atoms with van der Waals surface area (Å²) in [5, 5.41) is 0. The van der Waals surface area contributed by atoms with E-state index in [2.05, 4.69) is 27.7 Å². The minimum absolute atomic E-state index is 0.0492. The molecular formula is C16H30O4. The summed E-state index contributed by atoms with van der Waals surface area (Å²) in [6, 6.07) is 0. The smallest absolute Gasteiger partial charge is 0.115 e. The summed E-state index contributed by atoms with van der Waals surface area (Å²) in [5.74, 6) is 0. The Labute approximate surface area is 123 Å². The summed E-state index contributed by atoms with van der Waals surface area (Å²) in [4.78, 5) is 0. The molecule has 4 unspecified atom stereocenters. The third-order valence-corrected chi connectivity index (χ3v) is 4.17. The first-order valence-electron chi connectivity index (χ1n) is 8.19. The van der Waals surface area contributed by atoms with E-state index in [1.54, 1.807) is 0 Å². The SMILES string of the molecule is CCCC(C)O[C@H]1COC2C1OC[C@H]2OC(C)CCC. The zero-order valence-corrected chi connectivity index (χ0v) is 13.3. The number of hydrogen-bond acceptors (Lipinski definition) is 4. The van der Waals surface area contributed by atoms with Crippen LogP contribution < -0.4 is 0 Å². The lowest BCUT2D eigenvalue weighted by molar-refractivity contribution is -0.0829. The van der Waals surface area contributed by atoms with Crippen molar-refractivity contribution in [2.45, 2.75) is 90.0 Å². The van der Waals surface area contributed by atoms with Gasteiger partial charge in [0.05, 0.1) is 25.4 Å². The van der Waals surface area contributed by atoms with Gasteiger partial charge >= 0.3 is 0 Å². The van der Waals surface area contributed by atoms with Gasteiger partial charge in [-0.25, -0.2) is 0 Å². The monoisotopic (exact) mass is 286 g/mol. The van der Waals surface area contributed by atoms with Crippen molar-refractivity contribution < 1.29 is 18.9 Å². The molecule has 0 saturated carbocycles. The highest BCUT2D eigenvalue weighted by atomic mass is 16.6. The molecular weight excluding hydrogens is 256 g/mol. The van der Waals surface area contributed by atoms with Gasteiger partial charge in [-0.15, -0.1) is 0 Å². The summed E-state index contributed by atoms with van der Waals surface area (Å²) < 4.78 is 23.9. The van der Waals surface area contributed by atoms with Crippen molar-refractivity contribution in [2.75, 3.05) is 13.2 Å². The highest BCUT2D eigenvalue weighted by Gasteiger charge is 2.49. The number of ether oxygens (including phenoxy) is 4. The molecule has 0 aromatic rings. The van der Waals surface area contributed by atoms with Crippen LogP contribution in [-0.4, -0.2) is 49.8 Å². The van der Waals surface area contributed by atoms with Gasteiger partial charge in [0.25, 0.3) is 0 Å². The molecule has 118 valence electrons. The van der Waals surface area contributed by atoms with Gasteiger partial charge in [-0.1, -0.05) is 26.7 Å². The summed E-state index contributed by atoms with van der Waals surface area (Å²) in [6.07, 6.45) is 5.23. The molecule has 0 spiro atoms. The largest absolute Gasteiger partial charge is 0.370 e. The molecule has 0 aromatic heterocycles. The van der Waals surface area contributed by atoms with Gasteiger partial charge in [0.15, 0.2) is 0 Å². The molecule has 4 nitrogen and oxygen atoms in total. The lowest BCUT2D eigenvalue weighted by Crippen LogP contribution is -2.36. The van der Waals surface area contributed by atoms with Crippen LogP contribution in [0.15, 0.2) is 0 Å². The van der Waals surface area contributed by atoms with Gasteiger partial charge in [-0.3, -0.25) is 0 Å². The Morgan fingerprint density at radius 3 is 1.60 bits per heavy atom. The Bertz CT molecular complexity index is 256. The van der Waals surface area contributed by atoms with Gasteiger partial charge in [0, 0.05) is 0 Å². The molecule has 2 aliphatic heterocycles. The molecule has 4 heteroatoms. The molecule has 2 rings (SSSR count). The fourth-order valence-corrected chi connectivity index (χ4v) is 3.21. The minimum atomic E-state index is 0.0492. The predicted octanol–water partition coefficient (Wildman–Crippen LogP) is 2.93. The molecule has 0 bridgehead atoms. The molecule has 0 N–H and O–H groups in total. The lowest BCUT2D eigenvalue weighted by atomic mass is 10.1. The average Bonchev–Trinajstić information content (AvgIpc) is 2.95. The van der Waals surface area contributed by atoms with E-state index in [4.69, 9.17) is 18.9 Å². The molecule has 0 radical (unpaired) electrons. The summed E-state index contributed by atoms with van der Waals surface area (Å²) in [7, 11) is 0. The first-order valence-corrected chi connectivity index (χ1v) is 8.19. The summed E-state index contributed by atoms with van der Waals surface area (Å²) in [5.41, 5.74) is 0. The maximum absolute atomic E-state index is 6.06. The lowest BCUT2D eigenvalue weighted by Gasteiger charge is -2.22. The van der Waals surface area contributed by atoms with Gasteiger partial charge in [0.1, 0.15) is 24.4 Å². The summed E-state index contributed by atoms with van der Waals surface area (Å²) in [6.45, 7) is 9.88. The second-order valence-electron chi connectivity index (χ2n) is 6.14. The highest BCUT2D eigenvalue weighted by molar-refractivity contribution is 4.96. The standard InChI is InChI=1S/C16H30O4/c1-5-7-11(3)19-13-9-17-16-14(10-18-15(13)16)20-12(4)8-6-2/h11-16H,5-10H2,1-4H3/t11?,12?,13-,14+,15?,16?. The summed E-state index contributed by atoms with van der Waals surface area (Å²) >= 11 is 0. The molecule has 0 aliphatic carbocycles. The van der Waals surface area contributed by atoms with Crippen LogP contribution in [0.1, 0.15) is 53.4 Å². The second kappa shape index (κ2) is 7.74. The third-order valence-electron chi connectivity index (χ3n) is 4.17. The Hall–Kier alpha value is -0.160. The molecule has 0 aromatic carbocycles. The van der Waals surface area contributed by atoms with Crippen LogP contribution in [0.3, 0.4) is 0 Å². The molecule has 2 fully saturated rings. The number of rotatable bonds is 8. The molecule has 20 heavy (non-hydrogen) atoms. The van der Waals surface area contributed by atoms with E-state index in [0.29, 0.717) is 13.2 Å². The van der Waals surface area contributed by atoms with Crippen molar-refractivity contribution in [3.05, 3.63) is 0 Å². The zero-order valence-electron chi connectivity index (χ0n) is 13.3. The van der Waals surface area contributed by atoms with Crippen LogP contribution in [0.25, 0.3) is 0 Å². The molecule has 2 heterocycles. The van der Waals surface area contributed by atoms with Crippen LogP contribution in [0.4, 0.5) is 0 Å². The van der Waals surface area contributed by atoms with Crippen molar-refractivity contribution in [3.8, 4) is 0 Å². The minimum Gasteiger partial charge on any atom is -0.370 e. The Balaban J connectivity index is 1.81. The Morgan fingerprint density at radius 1 is 0.850 bits per heavy atom. The fourth-order valence-electron chi connectivity index (χ4n) is 3.21. The molecule has 6 atom stereocenters. The first-order chi connectivity index (χ1) is 9.65. The number of hydrogen-bond donors (Lipinski definition) is 0. The van der Waals surface area contributed by atoms with Crippen LogP contribution in [0.5, 0.6) is 0 Å². The van der Waals surface area contributed by atoms with Crippen molar-refractivity contribution in [2.24, 2.45) is 0 Å². The van der Waals surface area contributed by atoms with Gasteiger partial charge in [0.2, 0.25) is 0 Å². The van der Waals surface area contributed by atoms with Crippen LogP contribution in [-0.2, 0) is 18.9 Å². The second-order valence-corrected chi connectivity index (χ2v) is 6.14. The van der Waals surface area contributed by atoms with Gasteiger partial charge in [-0.05, 0) is 26.7 Å². The molecule has 2 saturated heterocycles. The van der Waals surface area contributed by atoms with Crippen molar-refractivity contribution >= 4 is 0 Å². The highest BCUT2D eigenvalue weighted by Crippen LogP contribution is 2.32. The topological polar surface area (TPSA) is 36.9 Å². The van der Waals surface area contributed by atoms with E-state index in [-0.39, 0.29) is 36.6 Å². The van der Waals surface area contributed by atoms with E-state index in [9.17, 15) is 0 Å². The van der Waals surface area contributed by atoms with Crippen LogP contribution in [0.2, 0.25) is 0 Å². The van der Waals surface area contributed by atoms with E-state index >= 15 is 0 Å². The molecule has 2 aliphatic rings. The molecule has 0 amide bonds. The quantitative estimate of drug-likeness (QED) is 0.687. The van der Waals surface area contributed by atoms with E-state index in [1.165, 1.54) is 0 Å². The van der Waals surface area contributed by atoms with E-state index < -0.39 is 0 Å². The normalized spacial score (nSPS) is 36.0. The van der Waals surface area contributed by atoms with Crippen LogP contribution >= 0.6 is 0 Å². The van der Waals surface area contributed by atoms with E-state index in [0.717, 1.165) is 25.7 Å². The fraction of sp³-hybridized carbons (Fsp3) is 1.00. The first kappa shape index (κ1) is 16.2. The third kappa shape index (κ3) is 3.94. The van der Waals surface area contributed by atoms with Crippen molar-refractivity contribution in [3.63, 3.8) is 0 Å². The van der Waals surface area contributed by atoms with Crippen LogP contribution in [0, 0.1) is 0 Å². The van der Waals surface area contributed by atoms with E-state index in [1.807, 2.05) is 0 Å². The average molecular weight is 286 g/mol. The van der Waals surface area contributed by atoms with Crippen molar-refractivity contribution in [1.29, 1.82) is 0 Å². The van der Waals surface area contributed by atoms with Crippen molar-refractivity contribution in [1.82, 2.24) is 0 Å². The Kier molecular flexibility index (Phi) is 6.27. The van der Waals surface area contributed by atoms with Gasteiger partial charge < -0.3 is 18.9 Å². The maximum Gasteiger partial charge on any atom is 0.115 e. The maximum atomic E-state index is 6.06. The predicted molar refractivity (Wildman–Crippen MR) is 78.0 cm³/mol. The van der Waals surface area contributed by atoms with Gasteiger partial charge in [-0.2, -0.15) is 0 Å². The number of fused-ring (bicyclic) bond motifs is 1.